The largest absolute Gasteiger partial charge is 0.383 e. The number of hydrogen-bond donors (Lipinski definition) is 3. The van der Waals surface area contributed by atoms with Gasteiger partial charge in [-0.25, -0.2) is 0 Å². The van der Waals surface area contributed by atoms with E-state index < -0.39 is 0 Å². The molecule has 1 unspecified atom stereocenters. The highest BCUT2D eigenvalue weighted by Crippen LogP contribution is 1.96. The Labute approximate surface area is 109 Å². The lowest BCUT2D eigenvalue weighted by molar-refractivity contribution is -0.122. The first kappa shape index (κ1) is 16.9. The molecule has 0 aromatic heterocycles. The smallest absolute Gasteiger partial charge is 0.234 e. The van der Waals surface area contributed by atoms with Gasteiger partial charge in [-0.1, -0.05) is 0 Å². The number of rotatable bonds is 7. The molecule has 0 spiro atoms. The lowest BCUT2D eigenvalue weighted by Gasteiger charge is -2.20. The highest BCUT2D eigenvalue weighted by molar-refractivity contribution is 5.81. The summed E-state index contributed by atoms with van der Waals surface area (Å²) in [6.07, 6.45) is 0. The van der Waals surface area contributed by atoms with E-state index in [4.69, 9.17) is 4.74 Å². The number of hydrogen-bond acceptors (Lipinski definition) is 4. The van der Waals surface area contributed by atoms with Crippen molar-refractivity contribution in [3.8, 4) is 0 Å². The van der Waals surface area contributed by atoms with Crippen LogP contribution in [0.15, 0.2) is 0 Å². The van der Waals surface area contributed by atoms with E-state index in [-0.39, 0.29) is 36.5 Å². The van der Waals surface area contributed by atoms with Crippen molar-refractivity contribution in [1.29, 1.82) is 0 Å². The van der Waals surface area contributed by atoms with Crippen molar-refractivity contribution in [2.75, 3.05) is 26.8 Å². The summed E-state index contributed by atoms with van der Waals surface area (Å²) >= 11 is 0. The number of nitrogens with one attached hydrogen (secondary N) is 3. The molecule has 0 aromatic rings. The van der Waals surface area contributed by atoms with E-state index in [0.29, 0.717) is 6.61 Å². The molecule has 0 rings (SSSR count). The van der Waals surface area contributed by atoms with Crippen molar-refractivity contribution in [1.82, 2.24) is 16.0 Å². The van der Waals surface area contributed by atoms with Gasteiger partial charge in [-0.05, 0) is 27.7 Å². The van der Waals surface area contributed by atoms with Gasteiger partial charge >= 0.3 is 0 Å². The Morgan fingerprint density at radius 3 is 2.22 bits per heavy atom. The third kappa shape index (κ3) is 10.0. The van der Waals surface area contributed by atoms with Crippen LogP contribution in [0.5, 0.6) is 0 Å². The molecule has 0 aliphatic rings. The molecule has 0 bridgehead atoms. The average molecular weight is 259 g/mol. The van der Waals surface area contributed by atoms with Crippen LogP contribution < -0.4 is 16.0 Å². The molecule has 2 amide bonds. The van der Waals surface area contributed by atoms with Crippen molar-refractivity contribution in [2.24, 2.45) is 0 Å². The van der Waals surface area contributed by atoms with Crippen LogP contribution in [-0.4, -0.2) is 50.2 Å². The zero-order valence-electron chi connectivity index (χ0n) is 11.9. The first-order valence-corrected chi connectivity index (χ1v) is 6.04. The molecular formula is C12H25N3O3. The molecule has 6 heteroatoms. The van der Waals surface area contributed by atoms with Crippen LogP contribution in [0.4, 0.5) is 0 Å². The number of carbonyl (C=O) groups is 2. The Bertz CT molecular complexity index is 274. The second kappa shape index (κ2) is 8.05. The lowest BCUT2D eigenvalue weighted by atomic mass is 10.1. The molecule has 106 valence electrons. The summed E-state index contributed by atoms with van der Waals surface area (Å²) in [4.78, 5) is 22.9. The molecule has 0 saturated heterocycles. The third-order valence-electron chi connectivity index (χ3n) is 1.91. The molecule has 0 aromatic carbocycles. The Balaban J connectivity index is 3.71. The third-order valence-corrected chi connectivity index (χ3v) is 1.91. The van der Waals surface area contributed by atoms with Crippen molar-refractivity contribution in [3.63, 3.8) is 0 Å². The van der Waals surface area contributed by atoms with Crippen LogP contribution in [0.3, 0.4) is 0 Å². The predicted molar refractivity (Wildman–Crippen MR) is 70.2 cm³/mol. The fourth-order valence-electron chi connectivity index (χ4n) is 1.37. The molecule has 0 heterocycles. The second-order valence-electron chi connectivity index (χ2n) is 5.33. The van der Waals surface area contributed by atoms with E-state index >= 15 is 0 Å². The predicted octanol–water partition coefficient (Wildman–Crippen LogP) is -0.358. The monoisotopic (exact) mass is 259 g/mol. The topological polar surface area (TPSA) is 79.5 Å². The van der Waals surface area contributed by atoms with Crippen molar-refractivity contribution in [3.05, 3.63) is 0 Å². The molecule has 0 saturated carbocycles. The van der Waals surface area contributed by atoms with Gasteiger partial charge in [-0.2, -0.15) is 0 Å². The molecule has 6 nitrogen and oxygen atoms in total. The van der Waals surface area contributed by atoms with Gasteiger partial charge in [0, 0.05) is 18.7 Å². The Kier molecular flexibility index (Phi) is 7.54. The maximum Gasteiger partial charge on any atom is 0.234 e. The second-order valence-corrected chi connectivity index (χ2v) is 5.33. The Hall–Kier alpha value is -1.14. The Morgan fingerprint density at radius 2 is 1.72 bits per heavy atom. The minimum atomic E-state index is -0.256. The Morgan fingerprint density at radius 1 is 1.17 bits per heavy atom. The summed E-state index contributed by atoms with van der Waals surface area (Å²) in [5, 5.41) is 8.34. The highest BCUT2D eigenvalue weighted by Gasteiger charge is 2.13. The maximum absolute atomic E-state index is 11.4. The quantitative estimate of drug-likeness (QED) is 0.583. The lowest BCUT2D eigenvalue weighted by Crippen LogP contribution is -2.47. The maximum atomic E-state index is 11.4. The van der Waals surface area contributed by atoms with E-state index in [0.717, 1.165) is 0 Å². The summed E-state index contributed by atoms with van der Waals surface area (Å²) in [5.41, 5.74) is -0.256. The van der Waals surface area contributed by atoms with Crippen LogP contribution in [0, 0.1) is 0 Å². The van der Waals surface area contributed by atoms with E-state index in [1.54, 1.807) is 7.11 Å². The molecule has 0 radical (unpaired) electrons. The number of amides is 2. The van der Waals surface area contributed by atoms with Crippen molar-refractivity contribution < 1.29 is 14.3 Å². The first-order valence-electron chi connectivity index (χ1n) is 6.04. The summed E-state index contributed by atoms with van der Waals surface area (Å²) in [5.74, 6) is -0.275. The van der Waals surface area contributed by atoms with Gasteiger partial charge in [0.1, 0.15) is 0 Å². The highest BCUT2D eigenvalue weighted by atomic mass is 16.5. The van der Waals surface area contributed by atoms with Gasteiger partial charge in [-0.15, -0.1) is 0 Å². The average Bonchev–Trinajstić information content (AvgIpc) is 2.14. The van der Waals surface area contributed by atoms with E-state index in [2.05, 4.69) is 16.0 Å². The van der Waals surface area contributed by atoms with Crippen LogP contribution in [0.25, 0.3) is 0 Å². The van der Waals surface area contributed by atoms with Gasteiger partial charge in [0.2, 0.25) is 11.8 Å². The van der Waals surface area contributed by atoms with Crippen LogP contribution in [-0.2, 0) is 14.3 Å². The summed E-state index contributed by atoms with van der Waals surface area (Å²) < 4.78 is 4.90. The van der Waals surface area contributed by atoms with E-state index in [9.17, 15) is 9.59 Å². The minimum Gasteiger partial charge on any atom is -0.383 e. The molecule has 18 heavy (non-hydrogen) atoms. The summed E-state index contributed by atoms with van der Waals surface area (Å²) in [6.45, 7) is 8.29. The molecule has 0 aliphatic carbocycles. The van der Waals surface area contributed by atoms with Crippen LogP contribution in [0.1, 0.15) is 27.7 Å². The normalized spacial score (nSPS) is 12.9. The fraction of sp³-hybridized carbons (Fsp3) is 0.833. The van der Waals surface area contributed by atoms with Crippen molar-refractivity contribution >= 4 is 11.8 Å². The molecule has 1 atom stereocenters. The number of methoxy groups -OCH3 is 1. The number of carbonyl (C=O) groups excluding carboxylic acids is 2. The van der Waals surface area contributed by atoms with E-state index in [1.165, 1.54) is 0 Å². The van der Waals surface area contributed by atoms with Crippen LogP contribution in [0.2, 0.25) is 0 Å². The fourth-order valence-corrected chi connectivity index (χ4v) is 1.37. The van der Waals surface area contributed by atoms with Gasteiger partial charge in [0.05, 0.1) is 19.7 Å². The zero-order chi connectivity index (χ0) is 14.2. The summed E-state index contributed by atoms with van der Waals surface area (Å²) in [7, 11) is 1.58. The van der Waals surface area contributed by atoms with Crippen LogP contribution >= 0.6 is 0 Å². The summed E-state index contributed by atoms with van der Waals surface area (Å²) in [6, 6.07) is -0.0345. The van der Waals surface area contributed by atoms with Crippen molar-refractivity contribution in [2.45, 2.75) is 39.3 Å². The SMILES string of the molecule is COCC(C)NC(=O)CNCC(=O)NC(C)(C)C. The standard InChI is InChI=1S/C12H25N3O3/c1-9(8-18-5)14-10(16)6-13-7-11(17)15-12(2,3)4/h9,13H,6-8H2,1-5H3,(H,14,16)(H,15,17). The van der Waals surface area contributed by atoms with Gasteiger partial charge < -0.3 is 15.4 Å². The first-order chi connectivity index (χ1) is 8.24. The minimum absolute atomic E-state index is 0.0345. The van der Waals surface area contributed by atoms with Gasteiger partial charge in [0.15, 0.2) is 0 Å². The number of ether oxygens (including phenoxy) is 1. The van der Waals surface area contributed by atoms with E-state index in [1.807, 2.05) is 27.7 Å². The molecular weight excluding hydrogens is 234 g/mol. The molecule has 0 fully saturated rings. The van der Waals surface area contributed by atoms with Gasteiger partial charge in [-0.3, -0.25) is 14.9 Å². The molecule has 0 aliphatic heterocycles. The van der Waals surface area contributed by atoms with Gasteiger partial charge in [0.25, 0.3) is 0 Å². The molecule has 3 N–H and O–H groups in total. The zero-order valence-corrected chi connectivity index (χ0v) is 11.9.